The highest BCUT2D eigenvalue weighted by Crippen LogP contribution is 2.34. The molecule has 16 heteroatoms. The van der Waals surface area contributed by atoms with E-state index in [9.17, 15) is 32.3 Å². The Morgan fingerprint density at radius 3 is 2.40 bits per heavy atom. The summed E-state index contributed by atoms with van der Waals surface area (Å²) in [4.78, 5) is 55.2. The van der Waals surface area contributed by atoms with Gasteiger partial charge in [-0.1, -0.05) is 11.6 Å². The van der Waals surface area contributed by atoms with Crippen LogP contribution in [0.3, 0.4) is 0 Å². The zero-order valence-corrected chi connectivity index (χ0v) is 25.4. The van der Waals surface area contributed by atoms with Crippen molar-refractivity contribution >= 4 is 45.9 Å². The first kappa shape index (κ1) is 31.8. The number of carbonyl (C=O) groups excluding carboxylic acids is 2. The Bertz CT molecular complexity index is 1940. The van der Waals surface area contributed by atoms with E-state index in [0.29, 0.717) is 11.3 Å². The molecule has 0 spiro atoms. The lowest BCUT2D eigenvalue weighted by Gasteiger charge is -2.18. The van der Waals surface area contributed by atoms with E-state index in [1.54, 1.807) is 33.1 Å². The van der Waals surface area contributed by atoms with Crippen LogP contribution in [0, 0.1) is 12.3 Å². The summed E-state index contributed by atoms with van der Waals surface area (Å²) >= 11 is 7.06. The van der Waals surface area contributed by atoms with Crippen molar-refractivity contribution in [3.05, 3.63) is 65.6 Å². The molecule has 0 fully saturated rings. The molecule has 0 saturated heterocycles. The molecule has 3 heterocycles. The van der Waals surface area contributed by atoms with Crippen molar-refractivity contribution in [3.63, 3.8) is 0 Å². The Balaban J connectivity index is 1.77. The van der Waals surface area contributed by atoms with E-state index in [1.807, 2.05) is 0 Å². The molecule has 4 rings (SSSR count). The van der Waals surface area contributed by atoms with Crippen molar-refractivity contribution in [1.29, 1.82) is 0 Å². The van der Waals surface area contributed by atoms with E-state index in [2.05, 4.69) is 9.73 Å². The summed E-state index contributed by atoms with van der Waals surface area (Å²) in [5.41, 5.74) is -1.12. The van der Waals surface area contributed by atoms with Gasteiger partial charge in [0.05, 0.1) is 22.6 Å². The third-order valence-electron chi connectivity index (χ3n) is 6.32. The average molecular weight is 643 g/mol. The molecule has 3 aromatic heterocycles. The second-order valence-electron chi connectivity index (χ2n) is 10.5. The number of thiazole rings is 1. The number of alkyl halides is 3. The Morgan fingerprint density at radius 1 is 1.12 bits per heavy atom. The predicted molar refractivity (Wildman–Crippen MR) is 151 cm³/mol. The summed E-state index contributed by atoms with van der Waals surface area (Å²) in [5, 5.41) is 1.31. The van der Waals surface area contributed by atoms with Gasteiger partial charge in [-0.25, -0.2) is 4.79 Å². The molecule has 230 valence electrons. The van der Waals surface area contributed by atoms with Crippen LogP contribution < -0.4 is 20.8 Å². The number of benzene rings is 1. The Hall–Kier alpha value is -4.11. The van der Waals surface area contributed by atoms with Gasteiger partial charge < -0.3 is 13.9 Å². The SMILES string of the molecule is Cc1oc2c(c1CC(=O)/N=c1\scc(-c3ccc(OC(F)(F)F)c(Cl)c3)n1COC(=O)C(C)(C)C)c(=O)n(C)c(=O)n2C. The fourth-order valence-corrected chi connectivity index (χ4v) is 5.21. The number of halogens is 4. The first-order valence-electron chi connectivity index (χ1n) is 12.6. The van der Waals surface area contributed by atoms with Crippen LogP contribution in [0.4, 0.5) is 13.2 Å². The van der Waals surface area contributed by atoms with Crippen molar-refractivity contribution in [2.45, 2.75) is 47.2 Å². The van der Waals surface area contributed by atoms with Crippen molar-refractivity contribution in [3.8, 4) is 17.0 Å². The standard InChI is InChI=1S/C27H26ClF3N4O7S/c1-13-15(20-21(37)33(5)25(39)34(6)22(20)41-13)10-19(36)32-24-35(12-40-23(38)26(2,3)4)17(11-43-24)14-7-8-18(16(28)9-14)42-27(29,30)31/h7-9,11H,10,12H2,1-6H3/b32-24-. The molecule has 1 amide bonds. The van der Waals surface area contributed by atoms with Crippen molar-refractivity contribution in [2.75, 3.05) is 0 Å². The first-order valence-corrected chi connectivity index (χ1v) is 13.8. The highest BCUT2D eigenvalue weighted by atomic mass is 35.5. The minimum Gasteiger partial charge on any atom is -0.444 e. The molecule has 0 N–H and O–H groups in total. The molecule has 43 heavy (non-hydrogen) atoms. The fourth-order valence-electron chi connectivity index (χ4n) is 4.08. The van der Waals surface area contributed by atoms with E-state index in [-0.39, 0.29) is 45.4 Å². The van der Waals surface area contributed by atoms with Crippen LogP contribution in [0.25, 0.3) is 22.4 Å². The second-order valence-corrected chi connectivity index (χ2v) is 11.8. The van der Waals surface area contributed by atoms with Gasteiger partial charge in [-0.05, 0) is 45.9 Å². The lowest BCUT2D eigenvalue weighted by Crippen LogP contribution is -2.36. The Kier molecular flexibility index (Phi) is 8.53. The molecule has 0 aliphatic heterocycles. The first-order chi connectivity index (χ1) is 19.9. The molecule has 11 nitrogen and oxygen atoms in total. The number of carbonyl (C=O) groups is 2. The molecule has 0 aliphatic carbocycles. The highest BCUT2D eigenvalue weighted by Gasteiger charge is 2.32. The predicted octanol–water partition coefficient (Wildman–Crippen LogP) is 4.44. The van der Waals surface area contributed by atoms with Gasteiger partial charge in [-0.3, -0.25) is 28.1 Å². The molecule has 0 aliphatic rings. The number of aryl methyl sites for hydroxylation is 2. The van der Waals surface area contributed by atoms with Gasteiger partial charge in [-0.15, -0.1) is 24.5 Å². The number of hydrogen-bond acceptors (Lipinski definition) is 8. The number of amides is 1. The van der Waals surface area contributed by atoms with Crippen LogP contribution in [-0.4, -0.2) is 31.9 Å². The third-order valence-corrected chi connectivity index (χ3v) is 7.48. The normalized spacial score (nSPS) is 12.7. The van der Waals surface area contributed by atoms with Gasteiger partial charge in [0, 0.05) is 30.6 Å². The summed E-state index contributed by atoms with van der Waals surface area (Å²) in [6.07, 6.45) is -5.30. The number of ether oxygens (including phenoxy) is 2. The maximum atomic E-state index is 13.2. The van der Waals surface area contributed by atoms with Crippen LogP contribution >= 0.6 is 22.9 Å². The van der Waals surface area contributed by atoms with Crippen molar-refractivity contribution in [1.82, 2.24) is 13.7 Å². The van der Waals surface area contributed by atoms with E-state index < -0.39 is 40.7 Å². The van der Waals surface area contributed by atoms with Gasteiger partial charge >= 0.3 is 18.0 Å². The number of nitrogens with zero attached hydrogens (tertiary/aromatic N) is 4. The Labute approximate surface area is 250 Å². The molecule has 1 aromatic carbocycles. The lowest BCUT2D eigenvalue weighted by atomic mass is 9.98. The third kappa shape index (κ3) is 6.62. The number of fused-ring (bicyclic) bond motifs is 1. The van der Waals surface area contributed by atoms with Gasteiger partial charge in [0.2, 0.25) is 5.71 Å². The van der Waals surface area contributed by atoms with Gasteiger partial charge in [-0.2, -0.15) is 4.99 Å². The molecule has 0 radical (unpaired) electrons. The smallest absolute Gasteiger partial charge is 0.444 e. The maximum absolute atomic E-state index is 13.2. The molecular formula is C27H26ClF3N4O7S. The Morgan fingerprint density at radius 2 is 1.79 bits per heavy atom. The van der Waals surface area contributed by atoms with Crippen LogP contribution in [0.15, 0.2) is 42.6 Å². The summed E-state index contributed by atoms with van der Waals surface area (Å²) in [5.74, 6) is -1.59. The zero-order valence-electron chi connectivity index (χ0n) is 23.8. The van der Waals surface area contributed by atoms with E-state index in [1.165, 1.54) is 30.8 Å². The second kappa shape index (κ2) is 11.5. The average Bonchev–Trinajstić information content (AvgIpc) is 3.44. The van der Waals surface area contributed by atoms with E-state index in [0.717, 1.165) is 26.5 Å². The van der Waals surface area contributed by atoms with Crippen LogP contribution in [0.2, 0.25) is 5.02 Å². The van der Waals surface area contributed by atoms with E-state index >= 15 is 0 Å². The number of furan rings is 1. The summed E-state index contributed by atoms with van der Waals surface area (Å²) in [7, 11) is 2.75. The minimum absolute atomic E-state index is 0.0193. The summed E-state index contributed by atoms with van der Waals surface area (Å²) in [6.45, 7) is 6.13. The van der Waals surface area contributed by atoms with Crippen LogP contribution in [-0.2, 0) is 41.6 Å². The number of esters is 1. The monoisotopic (exact) mass is 642 g/mol. The van der Waals surface area contributed by atoms with Crippen molar-refractivity contribution in [2.24, 2.45) is 24.5 Å². The van der Waals surface area contributed by atoms with Gasteiger partial charge in [0.15, 0.2) is 11.5 Å². The molecule has 0 unspecified atom stereocenters. The van der Waals surface area contributed by atoms with Gasteiger partial charge in [0.1, 0.15) is 16.9 Å². The summed E-state index contributed by atoms with van der Waals surface area (Å²) < 4.78 is 56.6. The number of hydrogen-bond donors (Lipinski definition) is 0. The molecule has 4 aromatic rings. The largest absolute Gasteiger partial charge is 0.573 e. The topological polar surface area (TPSA) is 127 Å². The summed E-state index contributed by atoms with van der Waals surface area (Å²) in [6, 6.07) is 3.60. The van der Waals surface area contributed by atoms with Gasteiger partial charge in [0.25, 0.3) is 11.5 Å². The minimum atomic E-state index is -4.95. The quantitative estimate of drug-likeness (QED) is 0.285. The molecule has 0 saturated carbocycles. The fraction of sp³-hybridized carbons (Fsp3) is 0.370. The van der Waals surface area contributed by atoms with Crippen LogP contribution in [0.5, 0.6) is 5.75 Å². The maximum Gasteiger partial charge on any atom is 0.573 e. The van der Waals surface area contributed by atoms with Crippen LogP contribution in [0.1, 0.15) is 32.1 Å². The highest BCUT2D eigenvalue weighted by molar-refractivity contribution is 7.07. The zero-order chi connectivity index (χ0) is 32.0. The van der Waals surface area contributed by atoms with Crippen molar-refractivity contribution < 1.29 is 36.7 Å². The number of rotatable bonds is 6. The molecular weight excluding hydrogens is 617 g/mol. The molecule has 0 atom stereocenters. The lowest BCUT2D eigenvalue weighted by molar-refractivity contribution is -0.274. The number of aromatic nitrogens is 3. The van der Waals surface area contributed by atoms with E-state index in [4.69, 9.17) is 20.8 Å². The molecule has 0 bridgehead atoms.